The number of rotatable bonds is 4. The minimum absolute atomic E-state index is 0.673. The lowest BCUT2D eigenvalue weighted by molar-refractivity contribution is 0.169. The van der Waals surface area contributed by atoms with Crippen LogP contribution in [0.3, 0.4) is 0 Å². The maximum Gasteiger partial charge on any atom is 0.0344 e. The number of nitrogens with zero attached hydrogens (tertiary/aromatic N) is 2. The minimum atomic E-state index is 0.673. The fraction of sp³-hybridized carbons (Fsp3) is 1.00. The highest BCUT2D eigenvalue weighted by molar-refractivity contribution is 4.81. The molecule has 0 aromatic heterocycles. The highest BCUT2D eigenvalue weighted by atomic mass is 15.2. The summed E-state index contributed by atoms with van der Waals surface area (Å²) in [4.78, 5) is 5.14. The summed E-state index contributed by atoms with van der Waals surface area (Å²) in [6.45, 7) is 9.45. The predicted octanol–water partition coefficient (Wildman–Crippen LogP) is 1.01. The molecule has 0 aliphatic carbocycles. The van der Waals surface area contributed by atoms with Gasteiger partial charge in [0.05, 0.1) is 0 Å². The quantitative estimate of drug-likeness (QED) is 0.752. The first-order valence-corrected chi connectivity index (χ1v) is 6.28. The van der Waals surface area contributed by atoms with E-state index in [1.165, 1.54) is 32.5 Å². The largest absolute Gasteiger partial charge is 0.318 e. The van der Waals surface area contributed by atoms with Crippen molar-refractivity contribution in [3.63, 3.8) is 0 Å². The SMILES string of the molecule is CCC(C)N1CCCN(C)C(CNC)C1. The van der Waals surface area contributed by atoms with Gasteiger partial charge in [0.25, 0.3) is 0 Å². The summed E-state index contributed by atoms with van der Waals surface area (Å²) < 4.78 is 0. The van der Waals surface area contributed by atoms with Gasteiger partial charge in [-0.15, -0.1) is 0 Å². The van der Waals surface area contributed by atoms with E-state index in [2.05, 4.69) is 36.0 Å². The molecule has 1 saturated heterocycles. The Labute approximate surface area is 94.8 Å². The van der Waals surface area contributed by atoms with Gasteiger partial charge in [0.15, 0.2) is 0 Å². The molecule has 3 nitrogen and oxygen atoms in total. The molecule has 0 bridgehead atoms. The second-order valence-electron chi connectivity index (χ2n) is 4.80. The summed E-state index contributed by atoms with van der Waals surface area (Å²) in [6, 6.07) is 1.40. The lowest BCUT2D eigenvalue weighted by Gasteiger charge is -2.31. The molecule has 0 spiro atoms. The van der Waals surface area contributed by atoms with E-state index < -0.39 is 0 Å². The first-order chi connectivity index (χ1) is 7.19. The Morgan fingerprint density at radius 3 is 2.73 bits per heavy atom. The van der Waals surface area contributed by atoms with E-state index in [-0.39, 0.29) is 0 Å². The number of hydrogen-bond donors (Lipinski definition) is 1. The van der Waals surface area contributed by atoms with Gasteiger partial charge in [-0.1, -0.05) is 6.92 Å². The van der Waals surface area contributed by atoms with E-state index in [0.717, 1.165) is 12.6 Å². The molecule has 2 unspecified atom stereocenters. The minimum Gasteiger partial charge on any atom is -0.318 e. The van der Waals surface area contributed by atoms with Gasteiger partial charge < -0.3 is 10.2 Å². The molecule has 0 amide bonds. The van der Waals surface area contributed by atoms with Crippen LogP contribution in [0.2, 0.25) is 0 Å². The van der Waals surface area contributed by atoms with Crippen LogP contribution in [0.5, 0.6) is 0 Å². The fourth-order valence-corrected chi connectivity index (χ4v) is 2.32. The molecule has 0 radical (unpaired) electrons. The molecule has 1 aliphatic heterocycles. The third-order valence-electron chi connectivity index (χ3n) is 3.68. The van der Waals surface area contributed by atoms with Crippen molar-refractivity contribution in [1.29, 1.82) is 0 Å². The van der Waals surface area contributed by atoms with E-state index in [0.29, 0.717) is 6.04 Å². The third kappa shape index (κ3) is 3.74. The van der Waals surface area contributed by atoms with Crippen LogP contribution in [0.4, 0.5) is 0 Å². The monoisotopic (exact) mass is 213 g/mol. The van der Waals surface area contributed by atoms with Gasteiger partial charge in [0.2, 0.25) is 0 Å². The molecule has 0 saturated carbocycles. The Morgan fingerprint density at radius 1 is 1.40 bits per heavy atom. The summed E-state index contributed by atoms with van der Waals surface area (Å²) in [6.07, 6.45) is 2.57. The highest BCUT2D eigenvalue weighted by Gasteiger charge is 2.23. The van der Waals surface area contributed by atoms with E-state index in [1.54, 1.807) is 0 Å². The first kappa shape index (κ1) is 12.9. The maximum atomic E-state index is 3.30. The molecule has 0 aromatic carbocycles. The summed E-state index contributed by atoms with van der Waals surface area (Å²) in [5.41, 5.74) is 0. The van der Waals surface area contributed by atoms with E-state index in [9.17, 15) is 0 Å². The lowest BCUT2D eigenvalue weighted by Crippen LogP contribution is -2.46. The number of hydrogen-bond acceptors (Lipinski definition) is 3. The van der Waals surface area contributed by atoms with Crippen molar-refractivity contribution in [3.05, 3.63) is 0 Å². The van der Waals surface area contributed by atoms with Crippen molar-refractivity contribution in [2.45, 2.75) is 38.8 Å². The zero-order chi connectivity index (χ0) is 11.3. The van der Waals surface area contributed by atoms with Crippen molar-refractivity contribution in [3.8, 4) is 0 Å². The topological polar surface area (TPSA) is 18.5 Å². The normalized spacial score (nSPS) is 27.6. The lowest BCUT2D eigenvalue weighted by atomic mass is 10.2. The van der Waals surface area contributed by atoms with Crippen molar-refractivity contribution < 1.29 is 0 Å². The van der Waals surface area contributed by atoms with E-state index in [4.69, 9.17) is 0 Å². The van der Waals surface area contributed by atoms with Crippen LogP contribution in [-0.4, -0.2) is 62.2 Å². The predicted molar refractivity (Wildman–Crippen MR) is 66.3 cm³/mol. The molecule has 90 valence electrons. The number of nitrogens with one attached hydrogen (secondary N) is 1. The smallest absolute Gasteiger partial charge is 0.0344 e. The Bertz CT molecular complexity index is 172. The van der Waals surface area contributed by atoms with Crippen LogP contribution in [0.1, 0.15) is 26.7 Å². The molecule has 1 N–H and O–H groups in total. The highest BCUT2D eigenvalue weighted by Crippen LogP contribution is 2.12. The second-order valence-corrected chi connectivity index (χ2v) is 4.80. The molecule has 1 fully saturated rings. The maximum absolute atomic E-state index is 3.30. The molecule has 2 atom stereocenters. The first-order valence-electron chi connectivity index (χ1n) is 6.28. The van der Waals surface area contributed by atoms with Gasteiger partial charge in [-0.05, 0) is 47.0 Å². The molecule has 0 aromatic rings. The van der Waals surface area contributed by atoms with Crippen molar-refractivity contribution in [2.75, 3.05) is 40.3 Å². The molecule has 15 heavy (non-hydrogen) atoms. The van der Waals surface area contributed by atoms with Gasteiger partial charge >= 0.3 is 0 Å². The van der Waals surface area contributed by atoms with E-state index >= 15 is 0 Å². The van der Waals surface area contributed by atoms with Crippen LogP contribution < -0.4 is 5.32 Å². The van der Waals surface area contributed by atoms with Gasteiger partial charge in [0, 0.05) is 25.2 Å². The Kier molecular flexibility index (Phi) is 5.58. The Balaban J connectivity index is 2.54. The van der Waals surface area contributed by atoms with Crippen molar-refractivity contribution in [1.82, 2.24) is 15.1 Å². The number of likely N-dealkylation sites (N-methyl/N-ethyl adjacent to an activating group) is 2. The molecular formula is C12H27N3. The molecule has 1 heterocycles. The summed E-state index contributed by atoms with van der Waals surface area (Å²) in [7, 11) is 4.30. The van der Waals surface area contributed by atoms with Gasteiger partial charge in [0.1, 0.15) is 0 Å². The Hall–Kier alpha value is -0.120. The Morgan fingerprint density at radius 2 is 2.13 bits per heavy atom. The standard InChI is InChI=1S/C12H27N3/c1-5-11(2)15-8-6-7-14(4)12(10-15)9-13-3/h11-13H,5-10H2,1-4H3. The summed E-state index contributed by atoms with van der Waals surface area (Å²) in [5.74, 6) is 0. The average Bonchev–Trinajstić information content (AvgIpc) is 2.41. The molecule has 3 heteroatoms. The van der Waals surface area contributed by atoms with Crippen LogP contribution >= 0.6 is 0 Å². The van der Waals surface area contributed by atoms with Gasteiger partial charge in [-0.25, -0.2) is 0 Å². The third-order valence-corrected chi connectivity index (χ3v) is 3.68. The van der Waals surface area contributed by atoms with Crippen LogP contribution in [0.25, 0.3) is 0 Å². The van der Waals surface area contributed by atoms with Gasteiger partial charge in [-0.3, -0.25) is 4.90 Å². The van der Waals surface area contributed by atoms with Gasteiger partial charge in [-0.2, -0.15) is 0 Å². The van der Waals surface area contributed by atoms with Crippen molar-refractivity contribution >= 4 is 0 Å². The fourth-order valence-electron chi connectivity index (χ4n) is 2.32. The molecule has 1 rings (SSSR count). The molecule has 1 aliphatic rings. The van der Waals surface area contributed by atoms with Crippen molar-refractivity contribution in [2.24, 2.45) is 0 Å². The zero-order valence-corrected chi connectivity index (χ0v) is 10.8. The second kappa shape index (κ2) is 6.46. The summed E-state index contributed by atoms with van der Waals surface area (Å²) in [5, 5.41) is 3.30. The molecular weight excluding hydrogens is 186 g/mol. The van der Waals surface area contributed by atoms with Crippen LogP contribution in [0.15, 0.2) is 0 Å². The van der Waals surface area contributed by atoms with E-state index in [1.807, 2.05) is 7.05 Å². The average molecular weight is 213 g/mol. The zero-order valence-electron chi connectivity index (χ0n) is 10.8. The summed E-state index contributed by atoms with van der Waals surface area (Å²) >= 11 is 0. The van der Waals surface area contributed by atoms with Crippen LogP contribution in [0, 0.1) is 0 Å². The van der Waals surface area contributed by atoms with Crippen LogP contribution in [-0.2, 0) is 0 Å².